The molecule has 2 heterocycles. The van der Waals surface area contributed by atoms with Crippen LogP contribution < -0.4 is 10.6 Å². The predicted octanol–water partition coefficient (Wildman–Crippen LogP) is 2.76. The normalized spacial score (nSPS) is 22.1. The van der Waals surface area contributed by atoms with Gasteiger partial charge in [0.05, 0.1) is 11.6 Å². The van der Waals surface area contributed by atoms with Crippen molar-refractivity contribution >= 4 is 17.5 Å². The van der Waals surface area contributed by atoms with Crippen LogP contribution in [0, 0.1) is 5.82 Å². The number of carbonyl (C=O) groups excluding carboxylic acids is 2. The van der Waals surface area contributed by atoms with Gasteiger partial charge in [0.2, 0.25) is 5.91 Å². The molecule has 0 unspecified atom stereocenters. The zero-order valence-corrected chi connectivity index (χ0v) is 17.1. The van der Waals surface area contributed by atoms with Crippen molar-refractivity contribution < 1.29 is 14.0 Å². The third-order valence-corrected chi connectivity index (χ3v) is 6.50. The van der Waals surface area contributed by atoms with E-state index < -0.39 is 5.41 Å². The summed E-state index contributed by atoms with van der Waals surface area (Å²) in [6.45, 7) is 0. The van der Waals surface area contributed by atoms with Gasteiger partial charge in [-0.1, -0.05) is 31.0 Å². The van der Waals surface area contributed by atoms with Gasteiger partial charge in [-0.3, -0.25) is 9.59 Å². The summed E-state index contributed by atoms with van der Waals surface area (Å²) >= 11 is 0. The van der Waals surface area contributed by atoms with Gasteiger partial charge in [-0.15, -0.1) is 0 Å². The van der Waals surface area contributed by atoms with Crippen LogP contribution in [-0.4, -0.2) is 38.5 Å². The smallest absolute Gasteiger partial charge is 0.257 e. The van der Waals surface area contributed by atoms with Crippen molar-refractivity contribution in [3.8, 4) is 0 Å². The Labute approximate surface area is 179 Å². The average Bonchev–Trinajstić information content (AvgIpc) is 3.47. The molecule has 2 aliphatic carbocycles. The summed E-state index contributed by atoms with van der Waals surface area (Å²) in [4.78, 5) is 30.3. The first-order valence-electron chi connectivity index (χ1n) is 10.7. The summed E-state index contributed by atoms with van der Waals surface area (Å²) in [5.74, 6) is -0.749. The number of fused-ring (bicyclic) bond motifs is 1. The summed E-state index contributed by atoms with van der Waals surface area (Å²) < 4.78 is 15.9. The van der Waals surface area contributed by atoms with E-state index in [0.717, 1.165) is 25.7 Å². The van der Waals surface area contributed by atoms with Gasteiger partial charge in [-0.2, -0.15) is 5.10 Å². The quantitative estimate of drug-likeness (QED) is 0.663. The van der Waals surface area contributed by atoms with Crippen molar-refractivity contribution in [3.63, 3.8) is 0 Å². The van der Waals surface area contributed by atoms with E-state index in [1.54, 1.807) is 41.2 Å². The van der Waals surface area contributed by atoms with E-state index in [-0.39, 0.29) is 29.7 Å². The third-order valence-electron chi connectivity index (χ3n) is 6.50. The number of benzene rings is 1. The van der Waals surface area contributed by atoms with Crippen molar-refractivity contribution in [1.29, 1.82) is 0 Å². The molecule has 160 valence electrons. The molecule has 0 radical (unpaired) electrons. The van der Waals surface area contributed by atoms with Gasteiger partial charge in [0.15, 0.2) is 5.65 Å². The first kappa shape index (κ1) is 19.7. The molecular weight excluding hydrogens is 397 g/mol. The molecular formula is C23H24FN5O2. The van der Waals surface area contributed by atoms with Crippen LogP contribution in [0.4, 0.5) is 4.39 Å². The molecule has 2 fully saturated rings. The molecule has 0 spiro atoms. The number of aromatic nitrogens is 3. The molecule has 2 aromatic heterocycles. The maximum absolute atomic E-state index is 14.3. The molecule has 2 aliphatic rings. The van der Waals surface area contributed by atoms with Crippen molar-refractivity contribution in [3.05, 3.63) is 65.9 Å². The lowest BCUT2D eigenvalue weighted by molar-refractivity contribution is -0.124. The highest BCUT2D eigenvalue weighted by Gasteiger charge is 2.53. The monoisotopic (exact) mass is 421 g/mol. The second-order valence-electron chi connectivity index (χ2n) is 8.45. The molecule has 0 aliphatic heterocycles. The molecule has 1 aromatic carbocycles. The fraction of sp³-hybridized carbons (Fsp3) is 0.391. The van der Waals surface area contributed by atoms with Crippen LogP contribution in [0.15, 0.2) is 48.9 Å². The predicted molar refractivity (Wildman–Crippen MR) is 112 cm³/mol. The lowest BCUT2D eigenvalue weighted by Gasteiger charge is -2.34. The fourth-order valence-electron chi connectivity index (χ4n) is 4.61. The first-order valence-corrected chi connectivity index (χ1v) is 10.7. The maximum atomic E-state index is 14.3. The van der Waals surface area contributed by atoms with Crippen LogP contribution >= 0.6 is 0 Å². The van der Waals surface area contributed by atoms with E-state index in [1.165, 1.54) is 12.3 Å². The number of nitrogens with one attached hydrogen (secondary N) is 2. The molecule has 0 bridgehead atoms. The van der Waals surface area contributed by atoms with Gasteiger partial charge < -0.3 is 10.6 Å². The number of nitrogens with zero attached hydrogens (tertiary/aromatic N) is 3. The van der Waals surface area contributed by atoms with Crippen LogP contribution in [0.3, 0.4) is 0 Å². The second kappa shape index (κ2) is 7.76. The van der Waals surface area contributed by atoms with E-state index in [2.05, 4.69) is 20.7 Å². The molecule has 2 N–H and O–H groups in total. The highest BCUT2D eigenvalue weighted by molar-refractivity contribution is 5.99. The zero-order valence-electron chi connectivity index (χ0n) is 17.1. The van der Waals surface area contributed by atoms with Crippen molar-refractivity contribution in [1.82, 2.24) is 25.2 Å². The summed E-state index contributed by atoms with van der Waals surface area (Å²) in [6.07, 6.45) is 9.63. The van der Waals surface area contributed by atoms with Crippen molar-refractivity contribution in [2.75, 3.05) is 0 Å². The summed E-state index contributed by atoms with van der Waals surface area (Å²) in [5.41, 5.74) is 0.569. The maximum Gasteiger partial charge on any atom is 0.257 e. The van der Waals surface area contributed by atoms with Gasteiger partial charge >= 0.3 is 0 Å². The van der Waals surface area contributed by atoms with Crippen LogP contribution in [0.5, 0.6) is 0 Å². The molecule has 2 saturated carbocycles. The molecule has 7 nitrogen and oxygen atoms in total. The number of rotatable bonds is 5. The Balaban J connectivity index is 1.31. The lowest BCUT2D eigenvalue weighted by Crippen LogP contribution is -2.55. The number of hydrogen-bond acceptors (Lipinski definition) is 4. The van der Waals surface area contributed by atoms with Crippen molar-refractivity contribution in [2.45, 2.75) is 56.0 Å². The molecule has 2 amide bonds. The Hall–Kier alpha value is -3.29. The van der Waals surface area contributed by atoms with Gasteiger partial charge in [0.25, 0.3) is 5.91 Å². The van der Waals surface area contributed by atoms with Crippen LogP contribution in [0.25, 0.3) is 5.65 Å². The largest absolute Gasteiger partial charge is 0.351 e. The zero-order chi connectivity index (χ0) is 21.4. The van der Waals surface area contributed by atoms with Gasteiger partial charge in [0.1, 0.15) is 11.4 Å². The Morgan fingerprint density at radius 3 is 2.55 bits per heavy atom. The molecule has 8 heteroatoms. The highest BCUT2D eigenvalue weighted by Crippen LogP contribution is 2.49. The minimum atomic E-state index is -0.788. The minimum Gasteiger partial charge on any atom is -0.351 e. The number of carbonyl (C=O) groups is 2. The second-order valence-corrected chi connectivity index (χ2v) is 8.45. The fourth-order valence-corrected chi connectivity index (χ4v) is 4.61. The molecule has 2 atom stereocenters. The number of halogens is 1. The van der Waals surface area contributed by atoms with Gasteiger partial charge in [-0.05, 0) is 37.8 Å². The first-order chi connectivity index (χ1) is 15.1. The molecule has 0 saturated heterocycles. The van der Waals surface area contributed by atoms with Gasteiger partial charge in [-0.25, -0.2) is 13.9 Å². The minimum absolute atomic E-state index is 0.151. The summed E-state index contributed by atoms with van der Waals surface area (Å²) in [7, 11) is 0. The molecule has 31 heavy (non-hydrogen) atoms. The summed E-state index contributed by atoms with van der Waals surface area (Å²) in [5, 5.41) is 10.4. The topological polar surface area (TPSA) is 88.4 Å². The Kier molecular flexibility index (Phi) is 4.92. The Morgan fingerprint density at radius 2 is 1.81 bits per heavy atom. The number of hydrogen-bond donors (Lipinski definition) is 2. The van der Waals surface area contributed by atoms with Gasteiger partial charge in [0, 0.05) is 30.0 Å². The van der Waals surface area contributed by atoms with Crippen LogP contribution in [-0.2, 0) is 10.2 Å². The van der Waals surface area contributed by atoms with Crippen molar-refractivity contribution in [2.24, 2.45) is 0 Å². The Morgan fingerprint density at radius 1 is 1.06 bits per heavy atom. The standard InChI is InChI=1S/C23H24FN5O2/c24-17-7-2-1-6-16(17)23(10-11-23)22(31)28-19-9-4-3-8-18(19)27-21(30)15-14-26-29-13-5-12-25-20(15)29/h1-2,5-7,12-14,18-19H,3-4,8-11H2,(H,27,30)(H,28,31)/t18-,19-/m1/s1. The third kappa shape index (κ3) is 3.56. The SMILES string of the molecule is O=C(N[C@@H]1CCCC[C@H]1NC(=O)C1(c2ccccc2F)CC1)c1cnn2cccnc12. The van der Waals surface area contributed by atoms with E-state index in [9.17, 15) is 14.0 Å². The highest BCUT2D eigenvalue weighted by atomic mass is 19.1. The van der Waals surface area contributed by atoms with E-state index >= 15 is 0 Å². The molecule has 5 rings (SSSR count). The van der Waals surface area contributed by atoms with E-state index in [0.29, 0.717) is 29.6 Å². The lowest BCUT2D eigenvalue weighted by atomic mass is 9.88. The summed E-state index contributed by atoms with van der Waals surface area (Å²) in [6, 6.07) is 7.85. The van der Waals surface area contributed by atoms with E-state index in [1.807, 2.05) is 0 Å². The average molecular weight is 421 g/mol. The number of amides is 2. The Bertz CT molecular complexity index is 1140. The van der Waals surface area contributed by atoms with E-state index in [4.69, 9.17) is 0 Å². The van der Waals surface area contributed by atoms with Crippen LogP contribution in [0.2, 0.25) is 0 Å². The van der Waals surface area contributed by atoms with Crippen LogP contribution in [0.1, 0.15) is 54.4 Å². The molecule has 3 aromatic rings.